The van der Waals surface area contributed by atoms with Crippen LogP contribution in [-0.4, -0.2) is 16.5 Å². The first-order chi connectivity index (χ1) is 20.3. The molecule has 1 aliphatic rings. The third-order valence-corrected chi connectivity index (χ3v) is 9.48. The predicted molar refractivity (Wildman–Crippen MR) is 176 cm³/mol. The van der Waals surface area contributed by atoms with Gasteiger partial charge in [-0.1, -0.05) is 84.9 Å². The molecule has 4 heterocycles. The number of anilines is 1. The molecule has 0 atom stereocenters. The van der Waals surface area contributed by atoms with Gasteiger partial charge in [-0.2, -0.15) is 0 Å². The number of thiophene rings is 1. The van der Waals surface area contributed by atoms with E-state index < -0.39 is 0 Å². The van der Waals surface area contributed by atoms with E-state index in [-0.39, 0.29) is 0 Å². The summed E-state index contributed by atoms with van der Waals surface area (Å²) < 4.78 is 2.61. The van der Waals surface area contributed by atoms with Crippen LogP contribution in [0.2, 0.25) is 0 Å². The van der Waals surface area contributed by atoms with E-state index in [4.69, 9.17) is 9.97 Å². The Balaban J connectivity index is 1.34. The second kappa shape index (κ2) is 8.72. The molecule has 9 rings (SSSR count). The molecule has 1 aliphatic heterocycles. The monoisotopic (exact) mass is 541 g/mol. The van der Waals surface area contributed by atoms with Crippen LogP contribution in [0.3, 0.4) is 0 Å². The van der Waals surface area contributed by atoms with E-state index >= 15 is 0 Å². The van der Waals surface area contributed by atoms with Gasteiger partial charge >= 0.3 is 0 Å². The highest BCUT2D eigenvalue weighted by Crippen LogP contribution is 2.45. The molecule has 0 amide bonds. The lowest BCUT2D eigenvalue weighted by Crippen LogP contribution is -2.06. The Labute approximate surface area is 240 Å². The van der Waals surface area contributed by atoms with Gasteiger partial charge in [-0.15, -0.1) is 11.3 Å². The smallest absolute Gasteiger partial charge is 0.0945 e. The van der Waals surface area contributed by atoms with Crippen LogP contribution in [0.5, 0.6) is 0 Å². The lowest BCUT2D eigenvalue weighted by molar-refractivity contribution is 1.30. The summed E-state index contributed by atoms with van der Waals surface area (Å²) in [6.45, 7) is 0.828. The third-order valence-electron chi connectivity index (χ3n) is 8.28. The zero-order chi connectivity index (χ0) is 26.9. The number of nitrogens with zero attached hydrogens (tertiary/aromatic N) is 2. The highest BCUT2D eigenvalue weighted by atomic mass is 32.1. The first-order valence-electron chi connectivity index (χ1n) is 13.9. The van der Waals surface area contributed by atoms with E-state index in [1.165, 1.54) is 58.4 Å². The van der Waals surface area contributed by atoms with Crippen LogP contribution < -0.4 is 5.32 Å². The third kappa shape index (κ3) is 3.38. The normalized spacial score (nSPS) is 12.9. The molecule has 3 nitrogen and oxygen atoms in total. The summed E-state index contributed by atoms with van der Waals surface area (Å²) in [5.41, 5.74) is 8.96. The van der Waals surface area contributed by atoms with Crippen molar-refractivity contribution in [1.82, 2.24) is 9.97 Å². The van der Waals surface area contributed by atoms with E-state index in [9.17, 15) is 0 Å². The molecule has 0 bridgehead atoms. The van der Waals surface area contributed by atoms with Crippen LogP contribution in [0.1, 0.15) is 5.56 Å². The molecule has 0 fully saturated rings. The Morgan fingerprint density at radius 2 is 1.54 bits per heavy atom. The van der Waals surface area contributed by atoms with Gasteiger partial charge < -0.3 is 5.32 Å². The second-order valence-electron chi connectivity index (χ2n) is 10.6. The molecule has 0 saturated heterocycles. The zero-order valence-corrected chi connectivity index (χ0v) is 22.9. The van der Waals surface area contributed by atoms with Gasteiger partial charge in [-0.05, 0) is 41.5 Å². The predicted octanol–water partition coefficient (Wildman–Crippen LogP) is 10.1. The second-order valence-corrected chi connectivity index (χ2v) is 11.6. The molecule has 0 unspecified atom stereocenters. The minimum Gasteiger partial charge on any atom is -0.379 e. The van der Waals surface area contributed by atoms with Gasteiger partial charge in [0.05, 0.1) is 22.4 Å². The summed E-state index contributed by atoms with van der Waals surface area (Å²) in [5, 5.41) is 11.0. The van der Waals surface area contributed by atoms with Gasteiger partial charge in [0.25, 0.3) is 0 Å². The number of hydrogen-bond acceptors (Lipinski definition) is 4. The Kier molecular flexibility index (Phi) is 4.83. The number of hydrogen-bond donors (Lipinski definition) is 1. The Bertz CT molecular complexity index is 2370. The van der Waals surface area contributed by atoms with E-state index in [1.807, 2.05) is 23.6 Å². The molecule has 4 heteroatoms. The Morgan fingerprint density at radius 1 is 0.683 bits per heavy atom. The van der Waals surface area contributed by atoms with E-state index in [1.54, 1.807) is 0 Å². The maximum Gasteiger partial charge on any atom is 0.0945 e. The van der Waals surface area contributed by atoms with Crippen LogP contribution in [-0.2, 0) is 0 Å². The van der Waals surface area contributed by atoms with Gasteiger partial charge in [-0.25, -0.2) is 4.98 Å². The van der Waals surface area contributed by atoms with Crippen LogP contribution in [0.25, 0.3) is 81.2 Å². The van der Waals surface area contributed by atoms with Crippen molar-refractivity contribution in [1.29, 1.82) is 0 Å². The Morgan fingerprint density at radius 3 is 2.49 bits per heavy atom. The molecule has 0 saturated carbocycles. The zero-order valence-electron chi connectivity index (χ0n) is 22.1. The van der Waals surface area contributed by atoms with E-state index in [0.29, 0.717) is 0 Å². The number of fused-ring (bicyclic) bond motifs is 10. The summed E-state index contributed by atoms with van der Waals surface area (Å²) in [5.74, 6) is 0. The molecule has 192 valence electrons. The maximum absolute atomic E-state index is 5.14. The van der Waals surface area contributed by atoms with Crippen molar-refractivity contribution in [3.05, 3.63) is 121 Å². The fraction of sp³-hybridized carbons (Fsp3) is 0.0270. The van der Waals surface area contributed by atoms with Crippen molar-refractivity contribution >= 4 is 75.9 Å². The summed E-state index contributed by atoms with van der Waals surface area (Å²) in [4.78, 5) is 9.92. The highest BCUT2D eigenvalue weighted by Gasteiger charge is 2.18. The van der Waals surface area contributed by atoms with Crippen molar-refractivity contribution in [2.45, 2.75) is 0 Å². The van der Waals surface area contributed by atoms with Crippen LogP contribution in [0.15, 0.2) is 115 Å². The summed E-state index contributed by atoms with van der Waals surface area (Å²) in [6.07, 6.45) is 6.26. The summed E-state index contributed by atoms with van der Waals surface area (Å²) in [7, 11) is 0. The standard InChI is InChI=1S/C37H23N3S/c1-2-8-22(9-3-1)34-28-16-15-26-30-20-23(29-21-24-10-6-18-38-35(24)36-25(29)12-7-19-39-36)14-17-32(30)41-37(26)33(28)27-11-4-5-13-31(27)40-34/h1-17,19-21,38H,18H2. The highest BCUT2D eigenvalue weighted by molar-refractivity contribution is 7.26. The number of para-hydroxylation sites is 1. The van der Waals surface area contributed by atoms with Crippen molar-refractivity contribution in [2.75, 3.05) is 11.9 Å². The summed E-state index contributed by atoms with van der Waals surface area (Å²) >= 11 is 1.88. The SMILES string of the molecule is C1=Cc2cc(-c3ccc4sc5c(ccc6c(-c7ccccc7)nc7ccccc7c65)c4c3)c3cccnc3c2NC1. The number of pyridine rings is 2. The van der Waals surface area contributed by atoms with Crippen molar-refractivity contribution in [3.63, 3.8) is 0 Å². The molecule has 0 radical (unpaired) electrons. The molecular formula is C37H23N3S. The number of nitrogens with one attached hydrogen (secondary N) is 1. The largest absolute Gasteiger partial charge is 0.379 e. The fourth-order valence-electron chi connectivity index (χ4n) is 6.42. The van der Waals surface area contributed by atoms with Gasteiger partial charge in [-0.3, -0.25) is 4.98 Å². The van der Waals surface area contributed by atoms with Gasteiger partial charge in [0, 0.05) is 65.6 Å². The number of benzene rings is 5. The fourth-order valence-corrected chi connectivity index (χ4v) is 7.66. The van der Waals surface area contributed by atoms with Crippen LogP contribution in [0.4, 0.5) is 5.69 Å². The minimum atomic E-state index is 0.828. The topological polar surface area (TPSA) is 37.8 Å². The molecule has 0 aliphatic carbocycles. The van der Waals surface area contributed by atoms with E-state index in [2.05, 4.69) is 115 Å². The number of rotatable bonds is 2. The lowest BCUT2D eigenvalue weighted by atomic mass is 9.94. The molecule has 0 spiro atoms. The first kappa shape index (κ1) is 22.7. The molecule has 41 heavy (non-hydrogen) atoms. The van der Waals surface area contributed by atoms with Gasteiger partial charge in [0.15, 0.2) is 0 Å². The Hall–Kier alpha value is -5.06. The van der Waals surface area contributed by atoms with Crippen molar-refractivity contribution < 1.29 is 0 Å². The van der Waals surface area contributed by atoms with Crippen molar-refractivity contribution in [3.8, 4) is 22.4 Å². The molecule has 1 N–H and O–H groups in total. The van der Waals surface area contributed by atoms with Gasteiger partial charge in [0.1, 0.15) is 0 Å². The molecule has 8 aromatic rings. The van der Waals surface area contributed by atoms with Crippen molar-refractivity contribution in [2.24, 2.45) is 0 Å². The minimum absolute atomic E-state index is 0.828. The average Bonchev–Trinajstić information content (AvgIpc) is 3.42. The average molecular weight is 542 g/mol. The quantitative estimate of drug-likeness (QED) is 0.221. The number of aromatic nitrogens is 2. The molecular weight excluding hydrogens is 518 g/mol. The summed E-state index contributed by atoms with van der Waals surface area (Å²) in [6, 6.07) is 37.1. The molecule has 3 aromatic heterocycles. The lowest BCUT2D eigenvalue weighted by Gasteiger charge is -2.18. The first-order valence-corrected chi connectivity index (χ1v) is 14.7. The van der Waals surface area contributed by atoms with E-state index in [0.717, 1.165) is 34.5 Å². The van der Waals surface area contributed by atoms with Crippen LogP contribution in [0, 0.1) is 0 Å². The maximum atomic E-state index is 5.14. The molecule has 5 aromatic carbocycles. The van der Waals surface area contributed by atoms with Crippen LogP contribution >= 0.6 is 11.3 Å². The van der Waals surface area contributed by atoms with Gasteiger partial charge in [0.2, 0.25) is 0 Å².